The standard InChI is InChI=1S/C18H14Cl2N4O2/c19-14-2-1-3-15(20)13(14)9-26-12-6-4-11(5-7-12)16-8-17(25)23-18-21-10-22-24(16)18/h1-7,10,16H,8-9H2,(H,21,22,23,25)/t16-/m1/s1. The van der Waals surface area contributed by atoms with Crippen molar-refractivity contribution in [2.45, 2.75) is 19.1 Å². The molecular weight excluding hydrogens is 375 g/mol. The fourth-order valence-electron chi connectivity index (χ4n) is 2.88. The first-order valence-electron chi connectivity index (χ1n) is 7.97. The molecular formula is C18H14Cl2N4O2. The van der Waals surface area contributed by atoms with Crippen LogP contribution >= 0.6 is 23.2 Å². The van der Waals surface area contributed by atoms with Gasteiger partial charge < -0.3 is 4.74 Å². The number of carbonyl (C=O) groups excluding carboxylic acids is 1. The van der Waals surface area contributed by atoms with Gasteiger partial charge in [0.25, 0.3) is 0 Å². The second-order valence-corrected chi connectivity index (χ2v) is 6.67. The number of benzene rings is 2. The molecule has 2 heterocycles. The van der Waals surface area contributed by atoms with E-state index in [1.807, 2.05) is 24.3 Å². The minimum atomic E-state index is -0.187. The summed E-state index contributed by atoms with van der Waals surface area (Å²) in [5, 5.41) is 8.04. The van der Waals surface area contributed by atoms with Gasteiger partial charge in [0.2, 0.25) is 11.9 Å². The average Bonchev–Trinajstić information content (AvgIpc) is 3.09. The van der Waals surface area contributed by atoms with E-state index in [2.05, 4.69) is 15.4 Å². The van der Waals surface area contributed by atoms with Crippen molar-refractivity contribution >= 4 is 35.1 Å². The van der Waals surface area contributed by atoms with Crippen molar-refractivity contribution in [3.05, 3.63) is 70.0 Å². The number of halogens is 2. The Morgan fingerprint density at radius 2 is 1.88 bits per heavy atom. The van der Waals surface area contributed by atoms with E-state index in [4.69, 9.17) is 27.9 Å². The van der Waals surface area contributed by atoms with Gasteiger partial charge in [-0.3, -0.25) is 10.1 Å². The fraction of sp³-hybridized carbons (Fsp3) is 0.167. The average molecular weight is 389 g/mol. The number of rotatable bonds is 4. The van der Waals surface area contributed by atoms with Crippen LogP contribution in [0.25, 0.3) is 0 Å². The third kappa shape index (κ3) is 3.25. The Bertz CT molecular complexity index is 936. The molecule has 1 atom stereocenters. The zero-order chi connectivity index (χ0) is 18.1. The number of nitrogens with zero attached hydrogens (tertiary/aromatic N) is 3. The number of aromatic nitrogens is 3. The molecule has 0 saturated heterocycles. The normalized spacial score (nSPS) is 16.1. The summed E-state index contributed by atoms with van der Waals surface area (Å²) in [5.41, 5.74) is 1.70. The molecule has 2 aromatic carbocycles. The minimum absolute atomic E-state index is 0.0795. The van der Waals surface area contributed by atoms with Crippen LogP contribution < -0.4 is 10.1 Å². The van der Waals surface area contributed by atoms with Gasteiger partial charge in [-0.2, -0.15) is 10.1 Å². The molecule has 1 aromatic heterocycles. The van der Waals surface area contributed by atoms with Gasteiger partial charge in [0, 0.05) is 15.6 Å². The molecule has 0 unspecified atom stereocenters. The van der Waals surface area contributed by atoms with E-state index in [0.29, 0.717) is 28.2 Å². The number of fused-ring (bicyclic) bond motifs is 1. The van der Waals surface area contributed by atoms with Crippen molar-refractivity contribution in [3.63, 3.8) is 0 Å². The lowest BCUT2D eigenvalue weighted by Crippen LogP contribution is -2.29. The number of amides is 1. The van der Waals surface area contributed by atoms with E-state index in [1.54, 1.807) is 22.9 Å². The van der Waals surface area contributed by atoms with E-state index in [9.17, 15) is 4.79 Å². The van der Waals surface area contributed by atoms with E-state index in [-0.39, 0.29) is 18.6 Å². The quantitative estimate of drug-likeness (QED) is 0.730. The predicted molar refractivity (Wildman–Crippen MR) is 98.6 cm³/mol. The van der Waals surface area contributed by atoms with Crippen LogP contribution in [0, 0.1) is 0 Å². The summed E-state index contributed by atoms with van der Waals surface area (Å²) in [6.07, 6.45) is 1.74. The van der Waals surface area contributed by atoms with Gasteiger partial charge in [-0.1, -0.05) is 41.4 Å². The van der Waals surface area contributed by atoms with Crippen molar-refractivity contribution in [1.29, 1.82) is 0 Å². The van der Waals surface area contributed by atoms with Gasteiger partial charge in [0.15, 0.2) is 0 Å². The Labute approximate surface area is 159 Å². The van der Waals surface area contributed by atoms with Gasteiger partial charge >= 0.3 is 0 Å². The molecule has 26 heavy (non-hydrogen) atoms. The lowest BCUT2D eigenvalue weighted by atomic mass is 10.0. The maximum Gasteiger partial charge on any atom is 0.229 e. The Hall–Kier alpha value is -2.57. The van der Waals surface area contributed by atoms with E-state index in [1.165, 1.54) is 6.33 Å². The Balaban J connectivity index is 1.50. The lowest BCUT2D eigenvalue weighted by Gasteiger charge is -2.23. The largest absolute Gasteiger partial charge is 0.489 e. The molecule has 132 valence electrons. The number of nitrogens with one attached hydrogen (secondary N) is 1. The summed E-state index contributed by atoms with van der Waals surface area (Å²) in [7, 11) is 0. The highest BCUT2D eigenvalue weighted by Gasteiger charge is 2.27. The zero-order valence-corrected chi connectivity index (χ0v) is 15.0. The van der Waals surface area contributed by atoms with E-state index in [0.717, 1.165) is 11.1 Å². The Morgan fingerprint density at radius 1 is 1.15 bits per heavy atom. The Morgan fingerprint density at radius 3 is 2.62 bits per heavy atom. The van der Waals surface area contributed by atoms with Crippen LogP contribution in [-0.2, 0) is 11.4 Å². The molecule has 1 N–H and O–H groups in total. The maximum atomic E-state index is 11.9. The van der Waals surface area contributed by atoms with Crippen molar-refractivity contribution in [2.75, 3.05) is 5.32 Å². The summed E-state index contributed by atoms with van der Waals surface area (Å²) in [4.78, 5) is 15.9. The maximum absolute atomic E-state index is 11.9. The van der Waals surface area contributed by atoms with E-state index >= 15 is 0 Å². The number of hydrogen-bond acceptors (Lipinski definition) is 4. The number of anilines is 1. The molecule has 6 nitrogen and oxygen atoms in total. The Kier molecular flexibility index (Phi) is 4.53. The first kappa shape index (κ1) is 16.9. The van der Waals surface area contributed by atoms with Crippen molar-refractivity contribution in [1.82, 2.24) is 14.8 Å². The van der Waals surface area contributed by atoms with Crippen molar-refractivity contribution in [2.24, 2.45) is 0 Å². The molecule has 1 aliphatic heterocycles. The second kappa shape index (κ2) is 6.97. The molecule has 4 rings (SSSR count). The van der Waals surface area contributed by atoms with Crippen LogP contribution in [0.1, 0.15) is 23.6 Å². The van der Waals surface area contributed by atoms with Gasteiger partial charge in [-0.15, -0.1) is 0 Å². The number of hydrogen-bond donors (Lipinski definition) is 1. The minimum Gasteiger partial charge on any atom is -0.489 e. The topological polar surface area (TPSA) is 69.0 Å². The molecule has 1 amide bonds. The molecule has 0 spiro atoms. The van der Waals surface area contributed by atoms with Gasteiger partial charge in [-0.05, 0) is 29.8 Å². The molecule has 1 aliphatic rings. The third-order valence-electron chi connectivity index (χ3n) is 4.21. The first-order valence-corrected chi connectivity index (χ1v) is 8.72. The third-order valence-corrected chi connectivity index (χ3v) is 4.92. The van der Waals surface area contributed by atoms with Crippen LogP contribution in [0.15, 0.2) is 48.8 Å². The summed E-state index contributed by atoms with van der Waals surface area (Å²) in [6, 6.07) is 12.7. The summed E-state index contributed by atoms with van der Waals surface area (Å²) in [6.45, 7) is 0.275. The molecule has 8 heteroatoms. The number of ether oxygens (including phenoxy) is 1. The van der Waals surface area contributed by atoms with Gasteiger partial charge in [0.1, 0.15) is 18.7 Å². The monoisotopic (exact) mass is 388 g/mol. The summed E-state index contributed by atoms with van der Waals surface area (Å²) < 4.78 is 7.50. The predicted octanol–water partition coefficient (Wildman–Crippen LogP) is 4.10. The van der Waals surface area contributed by atoms with Gasteiger partial charge in [0.05, 0.1) is 12.5 Å². The first-order chi connectivity index (χ1) is 12.6. The highest BCUT2D eigenvalue weighted by Crippen LogP contribution is 2.30. The zero-order valence-electron chi connectivity index (χ0n) is 13.5. The highest BCUT2D eigenvalue weighted by atomic mass is 35.5. The summed E-state index contributed by atoms with van der Waals surface area (Å²) in [5.74, 6) is 1.06. The number of carbonyl (C=O) groups is 1. The van der Waals surface area contributed by atoms with Crippen LogP contribution in [0.4, 0.5) is 5.95 Å². The molecule has 0 saturated carbocycles. The highest BCUT2D eigenvalue weighted by molar-refractivity contribution is 6.35. The molecule has 0 aliphatic carbocycles. The molecule has 3 aromatic rings. The SMILES string of the molecule is O=C1C[C@H](c2ccc(OCc3c(Cl)cccc3Cl)cc2)n2ncnc2N1. The van der Waals surface area contributed by atoms with Crippen LogP contribution in [0.2, 0.25) is 10.0 Å². The molecule has 0 fully saturated rings. The van der Waals surface area contributed by atoms with Crippen LogP contribution in [0.3, 0.4) is 0 Å². The summed E-state index contributed by atoms with van der Waals surface area (Å²) >= 11 is 12.3. The van der Waals surface area contributed by atoms with Crippen molar-refractivity contribution in [3.8, 4) is 5.75 Å². The van der Waals surface area contributed by atoms with Crippen LogP contribution in [-0.4, -0.2) is 20.7 Å². The van der Waals surface area contributed by atoms with E-state index < -0.39 is 0 Å². The van der Waals surface area contributed by atoms with Gasteiger partial charge in [-0.25, -0.2) is 4.68 Å². The second-order valence-electron chi connectivity index (χ2n) is 5.85. The van der Waals surface area contributed by atoms with Crippen LogP contribution in [0.5, 0.6) is 5.75 Å². The smallest absolute Gasteiger partial charge is 0.229 e. The fourth-order valence-corrected chi connectivity index (χ4v) is 3.38. The van der Waals surface area contributed by atoms with Crippen molar-refractivity contribution < 1.29 is 9.53 Å². The lowest BCUT2D eigenvalue weighted by molar-refractivity contribution is -0.117. The molecule has 0 radical (unpaired) electrons. The molecule has 0 bridgehead atoms.